The lowest BCUT2D eigenvalue weighted by molar-refractivity contribution is -0.385. The number of nitrogens with zero attached hydrogens (tertiary/aromatic N) is 1. The van der Waals surface area contributed by atoms with Gasteiger partial charge in [0.05, 0.1) is 16.9 Å². The number of ether oxygens (including phenoxy) is 2. The second kappa shape index (κ2) is 7.95. The number of aryl methyl sites for hydroxylation is 1. The van der Waals surface area contributed by atoms with Crippen LogP contribution >= 0.6 is 0 Å². The zero-order chi connectivity index (χ0) is 18.4. The molecule has 0 saturated carbocycles. The van der Waals surface area contributed by atoms with E-state index >= 15 is 0 Å². The molecule has 0 bridgehead atoms. The van der Waals surface area contributed by atoms with E-state index in [4.69, 9.17) is 9.47 Å². The fourth-order valence-corrected chi connectivity index (χ4v) is 3.38. The topological polar surface area (TPSA) is 108 Å². The van der Waals surface area contributed by atoms with E-state index in [1.165, 1.54) is 19.2 Å². The molecule has 8 nitrogen and oxygen atoms in total. The van der Waals surface area contributed by atoms with E-state index in [0.717, 1.165) is 6.07 Å². The van der Waals surface area contributed by atoms with Crippen molar-refractivity contribution in [1.82, 2.24) is 4.72 Å². The summed E-state index contributed by atoms with van der Waals surface area (Å²) in [4.78, 5) is 10.1. The lowest BCUT2D eigenvalue weighted by atomic mass is 10.2. The molecule has 2 rings (SSSR count). The fraction of sp³-hybridized carbons (Fsp3) is 0.250. The van der Waals surface area contributed by atoms with Crippen LogP contribution in [-0.2, 0) is 10.0 Å². The number of sulfonamides is 1. The molecule has 0 aliphatic rings. The first kappa shape index (κ1) is 18.7. The summed E-state index contributed by atoms with van der Waals surface area (Å²) in [5.74, 6) is 1.18. The maximum absolute atomic E-state index is 12.3. The third-order valence-corrected chi connectivity index (χ3v) is 4.98. The molecule has 0 amide bonds. The third kappa shape index (κ3) is 4.91. The molecule has 0 saturated heterocycles. The average molecular weight is 366 g/mol. The molecule has 25 heavy (non-hydrogen) atoms. The van der Waals surface area contributed by atoms with Gasteiger partial charge in [0.25, 0.3) is 5.69 Å². The second-order valence-electron chi connectivity index (χ2n) is 5.13. The molecule has 0 unspecified atom stereocenters. The summed E-state index contributed by atoms with van der Waals surface area (Å²) in [7, 11) is -2.34. The predicted molar refractivity (Wildman–Crippen MR) is 91.5 cm³/mol. The van der Waals surface area contributed by atoms with Gasteiger partial charge < -0.3 is 9.47 Å². The summed E-state index contributed by atoms with van der Waals surface area (Å²) < 4.78 is 37.6. The molecule has 0 aromatic heterocycles. The summed E-state index contributed by atoms with van der Waals surface area (Å²) in [6, 6.07) is 10.6. The van der Waals surface area contributed by atoms with Gasteiger partial charge in [0.15, 0.2) is 0 Å². The van der Waals surface area contributed by atoms with Crippen LogP contribution in [0.4, 0.5) is 5.69 Å². The SMILES string of the molecule is COc1cccc(OCCNS(=O)(=O)c2cc([N+](=O)[O-])ccc2C)c1. The Labute approximate surface area is 145 Å². The molecule has 2 aromatic carbocycles. The number of methoxy groups -OCH3 is 1. The van der Waals surface area contributed by atoms with Crippen molar-refractivity contribution < 1.29 is 22.8 Å². The molecule has 0 aliphatic heterocycles. The number of hydrogen-bond acceptors (Lipinski definition) is 6. The van der Waals surface area contributed by atoms with E-state index in [2.05, 4.69) is 4.72 Å². The maximum atomic E-state index is 12.3. The van der Waals surface area contributed by atoms with Crippen molar-refractivity contribution in [2.75, 3.05) is 20.3 Å². The van der Waals surface area contributed by atoms with E-state index in [1.54, 1.807) is 31.2 Å². The summed E-state index contributed by atoms with van der Waals surface area (Å²) in [5.41, 5.74) is 0.144. The number of rotatable bonds is 8. The lowest BCUT2D eigenvalue weighted by Gasteiger charge is -2.11. The molecule has 1 N–H and O–H groups in total. The molecule has 2 aromatic rings. The minimum Gasteiger partial charge on any atom is -0.497 e. The van der Waals surface area contributed by atoms with Crippen molar-refractivity contribution >= 4 is 15.7 Å². The van der Waals surface area contributed by atoms with Gasteiger partial charge in [-0.2, -0.15) is 0 Å². The summed E-state index contributed by atoms with van der Waals surface area (Å²) >= 11 is 0. The number of non-ortho nitro benzene ring substituents is 1. The molecule has 9 heteroatoms. The quantitative estimate of drug-likeness (QED) is 0.436. The fourth-order valence-electron chi connectivity index (χ4n) is 2.11. The van der Waals surface area contributed by atoms with Crippen molar-refractivity contribution in [2.24, 2.45) is 0 Å². The zero-order valence-electron chi connectivity index (χ0n) is 13.8. The molecule has 0 atom stereocenters. The van der Waals surface area contributed by atoms with E-state index in [1.807, 2.05) is 0 Å². The lowest BCUT2D eigenvalue weighted by Crippen LogP contribution is -2.28. The van der Waals surface area contributed by atoms with Crippen LogP contribution in [-0.4, -0.2) is 33.6 Å². The van der Waals surface area contributed by atoms with Gasteiger partial charge in [-0.05, 0) is 24.6 Å². The highest BCUT2D eigenvalue weighted by Gasteiger charge is 2.20. The Morgan fingerprint density at radius 3 is 2.56 bits per heavy atom. The van der Waals surface area contributed by atoms with Gasteiger partial charge in [0.2, 0.25) is 10.0 Å². The Kier molecular flexibility index (Phi) is 5.94. The molecular weight excluding hydrogens is 348 g/mol. The maximum Gasteiger partial charge on any atom is 0.270 e. The van der Waals surface area contributed by atoms with Gasteiger partial charge in [-0.3, -0.25) is 10.1 Å². The van der Waals surface area contributed by atoms with Gasteiger partial charge in [0, 0.05) is 24.7 Å². The van der Waals surface area contributed by atoms with Crippen LogP contribution in [0.2, 0.25) is 0 Å². The number of benzene rings is 2. The van der Waals surface area contributed by atoms with Crippen LogP contribution in [0.1, 0.15) is 5.56 Å². The van der Waals surface area contributed by atoms with Gasteiger partial charge in [-0.1, -0.05) is 12.1 Å². The minimum absolute atomic E-state index is 0.0156. The highest BCUT2D eigenvalue weighted by Crippen LogP contribution is 2.21. The van der Waals surface area contributed by atoms with Gasteiger partial charge in [0.1, 0.15) is 18.1 Å². The van der Waals surface area contributed by atoms with E-state index in [-0.39, 0.29) is 23.7 Å². The zero-order valence-corrected chi connectivity index (χ0v) is 14.6. The first-order valence-corrected chi connectivity index (χ1v) is 8.83. The van der Waals surface area contributed by atoms with Crippen LogP contribution in [0.5, 0.6) is 11.5 Å². The van der Waals surface area contributed by atoms with Gasteiger partial charge >= 0.3 is 0 Å². The van der Waals surface area contributed by atoms with Crippen molar-refractivity contribution in [2.45, 2.75) is 11.8 Å². The smallest absolute Gasteiger partial charge is 0.270 e. The average Bonchev–Trinajstić information content (AvgIpc) is 2.59. The van der Waals surface area contributed by atoms with Crippen LogP contribution in [0.3, 0.4) is 0 Å². The van der Waals surface area contributed by atoms with Crippen LogP contribution in [0.25, 0.3) is 0 Å². The van der Waals surface area contributed by atoms with Crippen LogP contribution in [0, 0.1) is 17.0 Å². The molecule has 0 heterocycles. The summed E-state index contributed by atoms with van der Waals surface area (Å²) in [6.07, 6.45) is 0. The number of nitro benzene ring substituents is 1. The first-order chi connectivity index (χ1) is 11.8. The van der Waals surface area contributed by atoms with E-state index in [9.17, 15) is 18.5 Å². The van der Waals surface area contributed by atoms with E-state index in [0.29, 0.717) is 17.1 Å². The molecule has 0 spiro atoms. The van der Waals surface area contributed by atoms with Crippen molar-refractivity contribution in [3.8, 4) is 11.5 Å². The van der Waals surface area contributed by atoms with Gasteiger partial charge in [-0.25, -0.2) is 13.1 Å². The number of nitrogens with one attached hydrogen (secondary N) is 1. The van der Waals surface area contributed by atoms with Crippen LogP contribution in [0.15, 0.2) is 47.4 Å². The first-order valence-electron chi connectivity index (χ1n) is 7.35. The second-order valence-corrected chi connectivity index (χ2v) is 6.87. The third-order valence-electron chi connectivity index (χ3n) is 3.38. The monoisotopic (exact) mass is 366 g/mol. The largest absolute Gasteiger partial charge is 0.497 e. The molecular formula is C16H18N2O6S. The van der Waals surface area contributed by atoms with E-state index < -0.39 is 14.9 Å². The van der Waals surface area contributed by atoms with Crippen molar-refractivity contribution in [3.63, 3.8) is 0 Å². The van der Waals surface area contributed by atoms with Crippen molar-refractivity contribution in [3.05, 3.63) is 58.1 Å². The summed E-state index contributed by atoms with van der Waals surface area (Å²) in [5, 5.41) is 10.8. The number of hydrogen-bond donors (Lipinski definition) is 1. The molecule has 0 fully saturated rings. The minimum atomic E-state index is -3.87. The van der Waals surface area contributed by atoms with Gasteiger partial charge in [-0.15, -0.1) is 0 Å². The van der Waals surface area contributed by atoms with Crippen LogP contribution < -0.4 is 14.2 Å². The normalized spacial score (nSPS) is 11.1. The summed E-state index contributed by atoms with van der Waals surface area (Å²) in [6.45, 7) is 1.69. The Morgan fingerprint density at radius 2 is 1.88 bits per heavy atom. The number of nitro groups is 1. The predicted octanol–water partition coefficient (Wildman–Crippen LogP) is 2.27. The molecule has 134 valence electrons. The Morgan fingerprint density at radius 1 is 1.16 bits per heavy atom. The highest BCUT2D eigenvalue weighted by atomic mass is 32.2. The Bertz CT molecular complexity index is 867. The standard InChI is InChI=1S/C16H18N2O6S/c1-12-6-7-13(18(19)20)10-16(12)25(21,22)17-8-9-24-15-5-3-4-14(11-15)23-2/h3-7,10-11,17H,8-9H2,1-2H3. The molecule has 0 aliphatic carbocycles. The molecule has 0 radical (unpaired) electrons. The van der Waals surface area contributed by atoms with Crippen molar-refractivity contribution in [1.29, 1.82) is 0 Å². The Balaban J connectivity index is 2.00. The highest BCUT2D eigenvalue weighted by molar-refractivity contribution is 7.89. The Hall–Kier alpha value is -2.65.